The molecule has 8 nitrogen and oxygen atoms in total. The van der Waals surface area contributed by atoms with E-state index in [4.69, 9.17) is 4.74 Å². The minimum Gasteiger partial charge on any atom is -0.463 e. The van der Waals surface area contributed by atoms with E-state index in [1.165, 1.54) is 6.08 Å². The number of tetrazole rings is 1. The monoisotopic (exact) mass is 473 g/mol. The largest absolute Gasteiger partial charge is 0.463 e. The zero-order chi connectivity index (χ0) is 24.8. The summed E-state index contributed by atoms with van der Waals surface area (Å²) in [6.07, 6.45) is 4.43. The number of rotatable bonds is 8. The molecule has 1 aromatic heterocycles. The van der Waals surface area contributed by atoms with Crippen LogP contribution in [0.15, 0.2) is 60.3 Å². The summed E-state index contributed by atoms with van der Waals surface area (Å²) in [5.74, 6) is 0.173. The number of likely N-dealkylation sites (tertiary alicyclic amines) is 1. The lowest BCUT2D eigenvalue weighted by Gasteiger charge is -2.42. The summed E-state index contributed by atoms with van der Waals surface area (Å²) in [6.45, 7) is 6.70. The third kappa shape index (κ3) is 5.31. The average molecular weight is 474 g/mol. The third-order valence-corrected chi connectivity index (χ3v) is 6.92. The van der Waals surface area contributed by atoms with Gasteiger partial charge in [0, 0.05) is 23.8 Å². The molecule has 0 radical (unpaired) electrons. The molecular weight excluding hydrogens is 442 g/mol. The lowest BCUT2D eigenvalue weighted by atomic mass is 9.72. The molecule has 0 spiro atoms. The Kier molecular flexibility index (Phi) is 7.39. The number of aromatic amines is 1. The molecule has 182 valence electrons. The van der Waals surface area contributed by atoms with Crippen LogP contribution in [0, 0.1) is 5.41 Å². The van der Waals surface area contributed by atoms with Gasteiger partial charge in [0.25, 0.3) is 0 Å². The zero-order valence-electron chi connectivity index (χ0n) is 20.5. The topological polar surface area (TPSA) is 101 Å². The number of aromatic nitrogens is 4. The van der Waals surface area contributed by atoms with Crippen molar-refractivity contribution in [1.82, 2.24) is 25.5 Å². The van der Waals surface area contributed by atoms with E-state index < -0.39 is 5.97 Å². The number of allylic oxidation sites excluding steroid dienone is 1. The van der Waals surface area contributed by atoms with Gasteiger partial charge in [0.15, 0.2) is 0 Å². The Hall–Kier alpha value is -3.81. The maximum atomic E-state index is 13.3. The van der Waals surface area contributed by atoms with E-state index in [-0.39, 0.29) is 11.3 Å². The standard InChI is InChI=1S/C27H31N5O3/c1-4-27(5-2)16-21(15-25(34)35-6-3)32(24(33)17-27)18-19-11-13-20(14-12-19)22-9-7-8-10-23(22)26-28-30-31-29-26/h7-15H,4-6,16-18H2,1-3H3,(H,28,29,30,31)/b21-15+. The van der Waals surface area contributed by atoms with E-state index in [1.807, 2.05) is 48.5 Å². The van der Waals surface area contributed by atoms with E-state index in [9.17, 15) is 9.59 Å². The van der Waals surface area contributed by atoms with Crippen molar-refractivity contribution in [1.29, 1.82) is 0 Å². The maximum Gasteiger partial charge on any atom is 0.332 e. The Morgan fingerprint density at radius 3 is 2.40 bits per heavy atom. The van der Waals surface area contributed by atoms with Crippen LogP contribution in [0.3, 0.4) is 0 Å². The second-order valence-corrected chi connectivity index (χ2v) is 8.91. The molecule has 2 heterocycles. The van der Waals surface area contributed by atoms with Crippen LogP contribution in [0.25, 0.3) is 22.5 Å². The number of piperidine rings is 1. The molecule has 1 fully saturated rings. The van der Waals surface area contributed by atoms with Crippen molar-refractivity contribution < 1.29 is 14.3 Å². The summed E-state index contributed by atoms with van der Waals surface area (Å²) in [6, 6.07) is 16.0. The number of benzene rings is 2. The Bertz CT molecular complexity index is 1200. The maximum absolute atomic E-state index is 13.3. The predicted molar refractivity (Wildman–Crippen MR) is 133 cm³/mol. The van der Waals surface area contributed by atoms with Gasteiger partial charge in [0.2, 0.25) is 11.7 Å². The number of amides is 1. The number of H-pyrrole nitrogens is 1. The molecule has 35 heavy (non-hydrogen) atoms. The summed E-state index contributed by atoms with van der Waals surface area (Å²) < 4.78 is 5.15. The SMILES string of the molecule is CCOC(=O)/C=C1\CC(CC)(CC)CC(=O)N1Cc1ccc(-c2ccccc2-c2nn[nH]n2)cc1. The van der Waals surface area contributed by atoms with Gasteiger partial charge >= 0.3 is 5.97 Å². The van der Waals surface area contributed by atoms with Crippen molar-refractivity contribution in [2.75, 3.05) is 6.61 Å². The first kappa shape index (κ1) is 24.3. The molecule has 1 N–H and O–H groups in total. The van der Waals surface area contributed by atoms with Gasteiger partial charge in [-0.05, 0) is 53.5 Å². The van der Waals surface area contributed by atoms with Crippen molar-refractivity contribution >= 4 is 11.9 Å². The van der Waals surface area contributed by atoms with Crippen molar-refractivity contribution in [3.63, 3.8) is 0 Å². The fraction of sp³-hybridized carbons (Fsp3) is 0.370. The van der Waals surface area contributed by atoms with Crippen molar-refractivity contribution in [2.24, 2.45) is 5.41 Å². The first-order valence-corrected chi connectivity index (χ1v) is 12.1. The van der Waals surface area contributed by atoms with Crippen LogP contribution in [0.4, 0.5) is 0 Å². The minimum absolute atomic E-state index is 0.0435. The van der Waals surface area contributed by atoms with Gasteiger partial charge in [-0.3, -0.25) is 4.79 Å². The summed E-state index contributed by atoms with van der Waals surface area (Å²) in [4.78, 5) is 27.3. The minimum atomic E-state index is -0.406. The molecule has 8 heteroatoms. The fourth-order valence-corrected chi connectivity index (χ4v) is 4.69. The van der Waals surface area contributed by atoms with Crippen LogP contribution in [-0.4, -0.2) is 44.0 Å². The van der Waals surface area contributed by atoms with Crippen molar-refractivity contribution in [2.45, 2.75) is 53.0 Å². The summed E-state index contributed by atoms with van der Waals surface area (Å²) in [5, 5.41) is 14.4. The van der Waals surface area contributed by atoms with Gasteiger partial charge in [-0.15, -0.1) is 10.2 Å². The number of carbonyl (C=O) groups excluding carboxylic acids is 2. The van der Waals surface area contributed by atoms with Gasteiger partial charge in [0.05, 0.1) is 13.2 Å². The van der Waals surface area contributed by atoms with E-state index >= 15 is 0 Å². The second-order valence-electron chi connectivity index (χ2n) is 8.91. The highest BCUT2D eigenvalue weighted by Crippen LogP contribution is 2.43. The van der Waals surface area contributed by atoms with Crippen LogP contribution in [0.1, 0.15) is 52.0 Å². The van der Waals surface area contributed by atoms with Crippen LogP contribution in [0.5, 0.6) is 0 Å². The molecule has 0 bridgehead atoms. The number of esters is 1. The first-order valence-electron chi connectivity index (χ1n) is 12.1. The third-order valence-electron chi connectivity index (χ3n) is 6.92. The molecular formula is C27H31N5O3. The van der Waals surface area contributed by atoms with Gasteiger partial charge in [0.1, 0.15) is 0 Å². The lowest BCUT2D eigenvalue weighted by molar-refractivity contribution is -0.138. The zero-order valence-corrected chi connectivity index (χ0v) is 20.5. The van der Waals surface area contributed by atoms with Crippen molar-refractivity contribution in [3.8, 4) is 22.5 Å². The number of nitrogens with zero attached hydrogens (tertiary/aromatic N) is 4. The molecule has 0 saturated carbocycles. The van der Waals surface area contributed by atoms with Gasteiger partial charge in [-0.2, -0.15) is 5.21 Å². The number of ether oxygens (including phenoxy) is 1. The molecule has 0 atom stereocenters. The molecule has 2 aromatic carbocycles. The number of nitrogens with one attached hydrogen (secondary N) is 1. The molecule has 4 rings (SSSR count). The molecule has 0 aliphatic carbocycles. The average Bonchev–Trinajstić information content (AvgIpc) is 3.41. The van der Waals surface area contributed by atoms with Crippen LogP contribution in [-0.2, 0) is 20.9 Å². The van der Waals surface area contributed by atoms with E-state index in [0.717, 1.165) is 40.8 Å². The summed E-state index contributed by atoms with van der Waals surface area (Å²) >= 11 is 0. The highest BCUT2D eigenvalue weighted by molar-refractivity contribution is 5.86. The number of hydrogen-bond acceptors (Lipinski definition) is 6. The van der Waals surface area contributed by atoms with E-state index in [0.29, 0.717) is 31.8 Å². The molecule has 3 aromatic rings. The first-order chi connectivity index (χ1) is 17.0. The fourth-order valence-electron chi connectivity index (χ4n) is 4.69. The number of carbonyl (C=O) groups is 2. The smallest absolute Gasteiger partial charge is 0.332 e. The molecule has 1 amide bonds. The summed E-state index contributed by atoms with van der Waals surface area (Å²) in [7, 11) is 0. The lowest BCUT2D eigenvalue weighted by Crippen LogP contribution is -2.42. The Morgan fingerprint density at radius 2 is 1.77 bits per heavy atom. The summed E-state index contributed by atoms with van der Waals surface area (Å²) in [5.41, 5.74) is 4.49. The number of hydrogen-bond donors (Lipinski definition) is 1. The van der Waals surface area contributed by atoms with Crippen LogP contribution >= 0.6 is 0 Å². The van der Waals surface area contributed by atoms with E-state index in [1.54, 1.807) is 11.8 Å². The molecule has 1 aliphatic heterocycles. The van der Waals surface area contributed by atoms with Crippen molar-refractivity contribution in [3.05, 3.63) is 65.9 Å². The Labute approximate surface area is 205 Å². The van der Waals surface area contributed by atoms with Crippen LogP contribution in [0.2, 0.25) is 0 Å². The quantitative estimate of drug-likeness (QED) is 0.368. The Balaban J connectivity index is 1.60. The molecule has 1 aliphatic rings. The Morgan fingerprint density at radius 1 is 1.06 bits per heavy atom. The second kappa shape index (κ2) is 10.6. The van der Waals surface area contributed by atoms with Gasteiger partial charge in [-0.25, -0.2) is 4.79 Å². The van der Waals surface area contributed by atoms with Crippen LogP contribution < -0.4 is 0 Å². The normalized spacial score (nSPS) is 16.5. The predicted octanol–water partition coefficient (Wildman–Crippen LogP) is 4.91. The molecule has 1 saturated heterocycles. The highest BCUT2D eigenvalue weighted by Gasteiger charge is 2.39. The van der Waals surface area contributed by atoms with E-state index in [2.05, 4.69) is 34.5 Å². The van der Waals surface area contributed by atoms with Gasteiger partial charge < -0.3 is 9.64 Å². The molecule has 0 unspecified atom stereocenters. The van der Waals surface area contributed by atoms with Gasteiger partial charge in [-0.1, -0.05) is 62.4 Å². The highest BCUT2D eigenvalue weighted by atomic mass is 16.5.